The number of amides is 2. The predicted molar refractivity (Wildman–Crippen MR) is 105 cm³/mol. The fourth-order valence-corrected chi connectivity index (χ4v) is 2.70. The van der Waals surface area contributed by atoms with Gasteiger partial charge in [0.25, 0.3) is 0 Å². The molecule has 0 fully saturated rings. The zero-order chi connectivity index (χ0) is 20.4. The van der Waals surface area contributed by atoms with Gasteiger partial charge in [-0.3, -0.25) is 15.1 Å². The van der Waals surface area contributed by atoms with Crippen LogP contribution in [0.15, 0.2) is 36.5 Å². The van der Waals surface area contributed by atoms with E-state index in [1.807, 2.05) is 11.4 Å². The molecule has 0 aliphatic rings. The van der Waals surface area contributed by atoms with Crippen LogP contribution in [0.1, 0.15) is 19.5 Å². The Balaban J connectivity index is 2.01. The summed E-state index contributed by atoms with van der Waals surface area (Å²) >= 11 is 0. The van der Waals surface area contributed by atoms with E-state index >= 15 is 0 Å². The minimum atomic E-state index is -1.34. The molecule has 0 radical (unpaired) electrons. The zero-order valence-electron chi connectivity index (χ0n) is 15.6. The van der Waals surface area contributed by atoms with Crippen LogP contribution in [-0.2, 0) is 4.79 Å². The van der Waals surface area contributed by atoms with E-state index in [0.717, 1.165) is 10.9 Å². The van der Waals surface area contributed by atoms with Gasteiger partial charge in [-0.25, -0.2) is 14.2 Å². The van der Waals surface area contributed by atoms with Crippen molar-refractivity contribution in [2.24, 2.45) is 5.92 Å². The summed E-state index contributed by atoms with van der Waals surface area (Å²) in [4.78, 5) is 31.5. The molecule has 0 atom stereocenters. The summed E-state index contributed by atoms with van der Waals surface area (Å²) in [5.41, 5.74) is 2.54. The summed E-state index contributed by atoms with van der Waals surface area (Å²) in [5.74, 6) is -0.544. The van der Waals surface area contributed by atoms with Crippen molar-refractivity contribution in [1.82, 2.24) is 9.97 Å². The molecule has 1 aromatic carbocycles. The third-order valence-corrected chi connectivity index (χ3v) is 4.18. The normalized spacial score (nSPS) is 10.9. The average Bonchev–Trinajstić information content (AvgIpc) is 2.62. The van der Waals surface area contributed by atoms with Crippen LogP contribution in [0.3, 0.4) is 0 Å². The second-order valence-corrected chi connectivity index (χ2v) is 6.65. The molecule has 0 saturated carbocycles. The molecule has 28 heavy (non-hydrogen) atoms. The van der Waals surface area contributed by atoms with Crippen molar-refractivity contribution in [3.8, 4) is 11.1 Å². The highest BCUT2D eigenvalue weighted by molar-refractivity contribution is 5.94. The molecule has 0 spiro atoms. The van der Waals surface area contributed by atoms with Gasteiger partial charge in [0.2, 0.25) is 5.91 Å². The zero-order valence-corrected chi connectivity index (χ0v) is 15.6. The Morgan fingerprint density at radius 3 is 2.57 bits per heavy atom. The van der Waals surface area contributed by atoms with Gasteiger partial charge in [0.1, 0.15) is 11.6 Å². The van der Waals surface area contributed by atoms with Gasteiger partial charge in [-0.15, -0.1) is 0 Å². The molecule has 2 heterocycles. The van der Waals surface area contributed by atoms with E-state index in [9.17, 15) is 14.0 Å². The molecular weight excluding hydrogens is 363 g/mol. The smallest absolute Gasteiger partial charge is 0.409 e. The number of rotatable bonds is 4. The van der Waals surface area contributed by atoms with Gasteiger partial charge in [-0.05, 0) is 30.7 Å². The van der Waals surface area contributed by atoms with Crippen LogP contribution in [0.5, 0.6) is 0 Å². The largest absolute Gasteiger partial charge is 0.465 e. The standard InChI is InChI=1S/C20H19FN4O3/c1-10(2)19(26)25-18-8-16-13(9-22-18)6-14(11(3)23-16)12-4-5-15(21)17(7-12)24-20(27)28/h4-10,24H,1-3H3,(H,27,28)(H,22,25,26). The summed E-state index contributed by atoms with van der Waals surface area (Å²) < 4.78 is 13.8. The number of halogens is 1. The Morgan fingerprint density at radius 2 is 1.89 bits per heavy atom. The van der Waals surface area contributed by atoms with Gasteiger partial charge < -0.3 is 10.4 Å². The average molecular weight is 382 g/mol. The molecule has 0 unspecified atom stereocenters. The summed E-state index contributed by atoms with van der Waals surface area (Å²) in [6.45, 7) is 5.39. The second kappa shape index (κ2) is 7.59. The molecule has 0 saturated heterocycles. The molecule has 7 nitrogen and oxygen atoms in total. The van der Waals surface area contributed by atoms with E-state index in [2.05, 4.69) is 15.3 Å². The highest BCUT2D eigenvalue weighted by Gasteiger charge is 2.13. The number of aromatic nitrogens is 2. The van der Waals surface area contributed by atoms with Crippen LogP contribution in [0.4, 0.5) is 20.7 Å². The van der Waals surface area contributed by atoms with Crippen molar-refractivity contribution in [3.05, 3.63) is 48.0 Å². The quantitative estimate of drug-likeness (QED) is 0.619. The van der Waals surface area contributed by atoms with Gasteiger partial charge in [0.15, 0.2) is 0 Å². The van der Waals surface area contributed by atoms with E-state index in [4.69, 9.17) is 5.11 Å². The van der Waals surface area contributed by atoms with Crippen molar-refractivity contribution in [3.63, 3.8) is 0 Å². The number of carboxylic acid groups (broad SMARTS) is 1. The van der Waals surface area contributed by atoms with E-state index in [-0.39, 0.29) is 17.5 Å². The van der Waals surface area contributed by atoms with Gasteiger partial charge in [0.05, 0.1) is 11.2 Å². The number of aryl methyl sites for hydroxylation is 1. The first-order chi connectivity index (χ1) is 13.2. The first-order valence-electron chi connectivity index (χ1n) is 8.62. The van der Waals surface area contributed by atoms with Gasteiger partial charge in [-0.1, -0.05) is 19.9 Å². The summed E-state index contributed by atoms with van der Waals surface area (Å²) in [7, 11) is 0. The van der Waals surface area contributed by atoms with Crippen LogP contribution < -0.4 is 10.6 Å². The van der Waals surface area contributed by atoms with Crippen LogP contribution in [0.2, 0.25) is 0 Å². The lowest BCUT2D eigenvalue weighted by Crippen LogP contribution is -2.18. The fraction of sp³-hybridized carbons (Fsp3) is 0.200. The fourth-order valence-electron chi connectivity index (χ4n) is 2.70. The highest BCUT2D eigenvalue weighted by atomic mass is 19.1. The topological polar surface area (TPSA) is 104 Å². The highest BCUT2D eigenvalue weighted by Crippen LogP contribution is 2.30. The number of fused-ring (bicyclic) bond motifs is 1. The molecule has 3 N–H and O–H groups in total. The Bertz CT molecular complexity index is 1080. The van der Waals surface area contributed by atoms with Crippen molar-refractivity contribution >= 4 is 34.4 Å². The van der Waals surface area contributed by atoms with Crippen LogP contribution in [-0.4, -0.2) is 27.1 Å². The van der Waals surface area contributed by atoms with Gasteiger partial charge in [-0.2, -0.15) is 0 Å². The van der Waals surface area contributed by atoms with Crippen LogP contribution >= 0.6 is 0 Å². The molecule has 0 aliphatic carbocycles. The number of hydrogen-bond donors (Lipinski definition) is 3. The van der Waals surface area contributed by atoms with E-state index in [1.54, 1.807) is 39.1 Å². The van der Waals surface area contributed by atoms with Gasteiger partial charge in [0, 0.05) is 34.8 Å². The SMILES string of the molecule is Cc1nc2cc(NC(=O)C(C)C)ncc2cc1-c1ccc(F)c(NC(=O)O)c1. The van der Waals surface area contributed by atoms with E-state index in [1.165, 1.54) is 12.1 Å². The van der Waals surface area contributed by atoms with Gasteiger partial charge >= 0.3 is 6.09 Å². The van der Waals surface area contributed by atoms with E-state index in [0.29, 0.717) is 22.6 Å². The Kier molecular flexibility index (Phi) is 5.21. The molecule has 2 amide bonds. The maximum Gasteiger partial charge on any atom is 0.409 e. The first kappa shape index (κ1) is 19.2. The van der Waals surface area contributed by atoms with E-state index < -0.39 is 11.9 Å². The number of anilines is 2. The lowest BCUT2D eigenvalue weighted by molar-refractivity contribution is -0.118. The number of pyridine rings is 2. The minimum absolute atomic E-state index is 0.130. The Morgan fingerprint density at radius 1 is 1.14 bits per heavy atom. The Hall–Kier alpha value is -3.55. The minimum Gasteiger partial charge on any atom is -0.465 e. The summed E-state index contributed by atoms with van der Waals surface area (Å²) in [5, 5.41) is 14.4. The molecule has 8 heteroatoms. The van der Waals surface area contributed by atoms with Crippen molar-refractivity contribution in [2.45, 2.75) is 20.8 Å². The number of nitrogens with zero attached hydrogens (tertiary/aromatic N) is 2. The molecule has 144 valence electrons. The summed E-state index contributed by atoms with van der Waals surface area (Å²) in [6.07, 6.45) is 0.255. The third kappa shape index (κ3) is 4.06. The number of carbonyl (C=O) groups excluding carboxylic acids is 1. The molecule has 0 bridgehead atoms. The number of hydrogen-bond acceptors (Lipinski definition) is 4. The van der Waals surface area contributed by atoms with Crippen molar-refractivity contribution in [1.29, 1.82) is 0 Å². The third-order valence-electron chi connectivity index (χ3n) is 4.18. The number of carbonyl (C=O) groups is 2. The lowest BCUT2D eigenvalue weighted by atomic mass is 10.0. The molecular formula is C20H19FN4O3. The molecule has 2 aromatic heterocycles. The first-order valence-corrected chi connectivity index (χ1v) is 8.62. The molecule has 3 rings (SSSR count). The maximum atomic E-state index is 13.8. The summed E-state index contributed by atoms with van der Waals surface area (Å²) in [6, 6.07) is 7.71. The maximum absolute atomic E-state index is 13.8. The number of nitrogens with one attached hydrogen (secondary N) is 2. The number of benzene rings is 1. The van der Waals surface area contributed by atoms with Crippen molar-refractivity contribution < 1.29 is 19.1 Å². The second-order valence-electron chi connectivity index (χ2n) is 6.65. The van der Waals surface area contributed by atoms with Crippen LogP contribution in [0, 0.1) is 18.7 Å². The molecule has 3 aromatic rings. The van der Waals surface area contributed by atoms with Crippen LogP contribution in [0.25, 0.3) is 22.0 Å². The van der Waals surface area contributed by atoms with Crippen molar-refractivity contribution in [2.75, 3.05) is 10.6 Å². The monoisotopic (exact) mass is 382 g/mol. The predicted octanol–water partition coefficient (Wildman–Crippen LogP) is 4.43. The Labute approximate surface area is 160 Å². The molecule has 0 aliphatic heterocycles. The lowest BCUT2D eigenvalue weighted by Gasteiger charge is -2.11.